The molecule has 0 spiro atoms. The van der Waals surface area contributed by atoms with Crippen molar-refractivity contribution in [1.82, 2.24) is 15.2 Å². The lowest BCUT2D eigenvalue weighted by molar-refractivity contribution is -0.133. The van der Waals surface area contributed by atoms with Gasteiger partial charge in [0.15, 0.2) is 0 Å². The molecule has 1 unspecified atom stereocenters. The van der Waals surface area contributed by atoms with Crippen LogP contribution in [0.2, 0.25) is 5.02 Å². The van der Waals surface area contributed by atoms with Gasteiger partial charge in [-0.15, -0.1) is 0 Å². The summed E-state index contributed by atoms with van der Waals surface area (Å²) in [5.74, 6) is 0.137. The number of halogens is 1. The van der Waals surface area contributed by atoms with E-state index < -0.39 is 0 Å². The number of hydrogen-bond donors (Lipinski definition) is 1. The third-order valence-electron chi connectivity index (χ3n) is 3.90. The molecule has 1 aromatic heterocycles. The number of amides is 1. The van der Waals surface area contributed by atoms with Crippen LogP contribution >= 0.6 is 11.6 Å². The van der Waals surface area contributed by atoms with Crippen molar-refractivity contribution in [1.29, 1.82) is 0 Å². The maximum Gasteiger partial charge on any atom is 0.227 e. The number of nitrogens with one attached hydrogen (secondary N) is 1. The molecule has 114 valence electrons. The molecule has 0 aliphatic carbocycles. The van der Waals surface area contributed by atoms with Crippen LogP contribution in [0.15, 0.2) is 48.8 Å². The van der Waals surface area contributed by atoms with Gasteiger partial charge in [-0.3, -0.25) is 9.78 Å². The topological polar surface area (TPSA) is 45.2 Å². The number of hydrogen-bond acceptors (Lipinski definition) is 3. The quantitative estimate of drug-likeness (QED) is 0.946. The number of aromatic nitrogens is 1. The van der Waals surface area contributed by atoms with Crippen molar-refractivity contribution in [3.63, 3.8) is 0 Å². The van der Waals surface area contributed by atoms with Gasteiger partial charge in [-0.05, 0) is 29.3 Å². The predicted octanol–water partition coefficient (Wildman–Crippen LogP) is 2.45. The monoisotopic (exact) mass is 315 g/mol. The van der Waals surface area contributed by atoms with Gasteiger partial charge in [-0.2, -0.15) is 0 Å². The van der Waals surface area contributed by atoms with E-state index in [-0.39, 0.29) is 11.9 Å². The summed E-state index contributed by atoms with van der Waals surface area (Å²) in [7, 11) is 0. The fraction of sp³-hybridized carbons (Fsp3) is 0.294. The third-order valence-corrected chi connectivity index (χ3v) is 4.15. The van der Waals surface area contributed by atoms with E-state index in [2.05, 4.69) is 10.3 Å². The van der Waals surface area contributed by atoms with Crippen LogP contribution in [0.25, 0.3) is 0 Å². The normalized spacial score (nSPS) is 18.2. The fourth-order valence-corrected chi connectivity index (χ4v) is 2.88. The van der Waals surface area contributed by atoms with Crippen LogP contribution < -0.4 is 5.32 Å². The van der Waals surface area contributed by atoms with Gasteiger partial charge in [-0.25, -0.2) is 0 Å². The van der Waals surface area contributed by atoms with Gasteiger partial charge in [0.1, 0.15) is 0 Å². The van der Waals surface area contributed by atoms with Crippen molar-refractivity contribution in [3.05, 3.63) is 64.9 Å². The van der Waals surface area contributed by atoms with Crippen LogP contribution in [0.4, 0.5) is 0 Å². The molecular formula is C17H18ClN3O. The Bertz CT molecular complexity index is 630. The highest BCUT2D eigenvalue weighted by atomic mass is 35.5. The molecule has 2 aromatic rings. The summed E-state index contributed by atoms with van der Waals surface area (Å²) in [6.45, 7) is 2.30. The lowest BCUT2D eigenvalue weighted by atomic mass is 10.0. The molecule has 0 saturated carbocycles. The number of carbonyl (C=O) groups is 1. The van der Waals surface area contributed by atoms with Crippen LogP contribution in [0.1, 0.15) is 17.2 Å². The minimum absolute atomic E-state index is 0.0438. The summed E-state index contributed by atoms with van der Waals surface area (Å²) in [5, 5.41) is 4.04. The van der Waals surface area contributed by atoms with Crippen molar-refractivity contribution in [2.75, 3.05) is 19.6 Å². The van der Waals surface area contributed by atoms with Gasteiger partial charge in [0, 0.05) is 37.1 Å². The first kappa shape index (κ1) is 15.0. The van der Waals surface area contributed by atoms with Crippen molar-refractivity contribution >= 4 is 17.5 Å². The van der Waals surface area contributed by atoms with Crippen LogP contribution in [0, 0.1) is 0 Å². The van der Waals surface area contributed by atoms with Gasteiger partial charge in [0.25, 0.3) is 0 Å². The second-order valence-electron chi connectivity index (χ2n) is 5.40. The van der Waals surface area contributed by atoms with Crippen LogP contribution in [0.3, 0.4) is 0 Å². The third kappa shape index (κ3) is 3.46. The molecule has 2 heterocycles. The van der Waals surface area contributed by atoms with E-state index in [1.54, 1.807) is 6.20 Å². The Hall–Kier alpha value is -1.91. The first-order valence-corrected chi connectivity index (χ1v) is 7.76. The summed E-state index contributed by atoms with van der Waals surface area (Å²) < 4.78 is 0. The van der Waals surface area contributed by atoms with Gasteiger partial charge < -0.3 is 10.2 Å². The number of carbonyl (C=O) groups excluding carboxylic acids is 1. The average Bonchev–Trinajstić information content (AvgIpc) is 2.58. The lowest BCUT2D eigenvalue weighted by Gasteiger charge is -2.36. The average molecular weight is 316 g/mol. The van der Waals surface area contributed by atoms with Crippen LogP contribution in [0.5, 0.6) is 0 Å². The fourth-order valence-electron chi connectivity index (χ4n) is 2.75. The molecule has 1 N–H and O–H groups in total. The maximum atomic E-state index is 12.7. The molecule has 4 nitrogen and oxygen atoms in total. The Balaban J connectivity index is 1.75. The highest BCUT2D eigenvalue weighted by Gasteiger charge is 2.27. The first-order valence-electron chi connectivity index (χ1n) is 7.38. The maximum absolute atomic E-state index is 12.7. The van der Waals surface area contributed by atoms with Crippen molar-refractivity contribution in [2.24, 2.45) is 0 Å². The van der Waals surface area contributed by atoms with Crippen molar-refractivity contribution in [3.8, 4) is 0 Å². The predicted molar refractivity (Wildman–Crippen MR) is 86.7 cm³/mol. The highest BCUT2D eigenvalue weighted by Crippen LogP contribution is 2.22. The van der Waals surface area contributed by atoms with E-state index in [4.69, 9.17) is 11.6 Å². The molecule has 1 atom stereocenters. The Morgan fingerprint density at radius 1 is 1.32 bits per heavy atom. The molecule has 22 heavy (non-hydrogen) atoms. The van der Waals surface area contributed by atoms with Gasteiger partial charge in [-0.1, -0.05) is 29.8 Å². The Kier molecular flexibility index (Phi) is 4.71. The molecular weight excluding hydrogens is 298 g/mol. The molecule has 1 aliphatic heterocycles. The number of nitrogens with zero attached hydrogens (tertiary/aromatic N) is 2. The standard InChI is InChI=1S/C17H18ClN3O/c18-15-5-3-13(4-6-15)10-17(22)21-9-8-20-12-16(21)14-2-1-7-19-11-14/h1-7,11,16,20H,8-10,12H2. The molecule has 1 aliphatic rings. The highest BCUT2D eigenvalue weighted by molar-refractivity contribution is 6.30. The Labute approximate surface area is 135 Å². The Morgan fingerprint density at radius 2 is 2.14 bits per heavy atom. The zero-order valence-electron chi connectivity index (χ0n) is 12.2. The summed E-state index contributed by atoms with van der Waals surface area (Å²) in [6, 6.07) is 11.4. The molecule has 1 saturated heterocycles. The summed E-state index contributed by atoms with van der Waals surface area (Å²) in [4.78, 5) is 18.8. The smallest absolute Gasteiger partial charge is 0.227 e. The van der Waals surface area contributed by atoms with Crippen molar-refractivity contribution in [2.45, 2.75) is 12.5 Å². The van der Waals surface area contributed by atoms with E-state index in [1.165, 1.54) is 0 Å². The molecule has 3 rings (SSSR count). The zero-order chi connectivity index (χ0) is 15.4. The summed E-state index contributed by atoms with van der Waals surface area (Å²) in [6.07, 6.45) is 3.98. The second-order valence-corrected chi connectivity index (χ2v) is 5.83. The molecule has 0 radical (unpaired) electrons. The zero-order valence-corrected chi connectivity index (χ0v) is 13.0. The minimum Gasteiger partial charge on any atom is -0.333 e. The van der Waals surface area contributed by atoms with Gasteiger partial charge >= 0.3 is 0 Å². The van der Waals surface area contributed by atoms with E-state index >= 15 is 0 Å². The number of pyridine rings is 1. The van der Waals surface area contributed by atoms with Gasteiger partial charge in [0.05, 0.1) is 12.5 Å². The van der Waals surface area contributed by atoms with E-state index in [9.17, 15) is 4.79 Å². The van der Waals surface area contributed by atoms with Crippen LogP contribution in [-0.4, -0.2) is 35.4 Å². The summed E-state index contributed by atoms with van der Waals surface area (Å²) >= 11 is 5.89. The van der Waals surface area contributed by atoms with Gasteiger partial charge in [0.2, 0.25) is 5.91 Å². The molecule has 1 fully saturated rings. The number of piperazine rings is 1. The van der Waals surface area contributed by atoms with Crippen molar-refractivity contribution < 1.29 is 4.79 Å². The molecule has 1 amide bonds. The second kappa shape index (κ2) is 6.90. The van der Waals surface area contributed by atoms with Crippen LogP contribution in [-0.2, 0) is 11.2 Å². The minimum atomic E-state index is 0.0438. The lowest BCUT2D eigenvalue weighted by Crippen LogP contribution is -2.49. The summed E-state index contributed by atoms with van der Waals surface area (Å²) in [5.41, 5.74) is 2.05. The first-order chi connectivity index (χ1) is 10.7. The van der Waals surface area contributed by atoms with E-state index in [1.807, 2.05) is 47.5 Å². The molecule has 5 heteroatoms. The number of rotatable bonds is 3. The Morgan fingerprint density at radius 3 is 2.86 bits per heavy atom. The molecule has 1 aromatic carbocycles. The number of benzene rings is 1. The van der Waals surface area contributed by atoms with E-state index in [0.29, 0.717) is 18.0 Å². The SMILES string of the molecule is O=C(Cc1ccc(Cl)cc1)N1CCNCC1c1cccnc1. The molecule has 0 bridgehead atoms. The van der Waals surface area contributed by atoms with E-state index in [0.717, 1.165) is 24.2 Å². The largest absolute Gasteiger partial charge is 0.333 e.